The minimum absolute atomic E-state index is 0. The molecule has 26 heavy (non-hydrogen) atoms. The zero-order valence-electron chi connectivity index (χ0n) is 14.8. The number of rotatable bonds is 4. The molecule has 1 N–H and O–H groups in total. The molecule has 1 unspecified atom stereocenters. The summed E-state index contributed by atoms with van der Waals surface area (Å²) in [6, 6.07) is 24.8. The molecule has 4 rings (SSSR count). The molecule has 2 heterocycles. The van der Waals surface area contributed by atoms with E-state index in [0.29, 0.717) is 13.1 Å². The Morgan fingerprint density at radius 1 is 0.923 bits per heavy atom. The van der Waals surface area contributed by atoms with Gasteiger partial charge in [0.15, 0.2) is 6.54 Å². The van der Waals surface area contributed by atoms with Crippen molar-refractivity contribution in [3.8, 4) is 0 Å². The fourth-order valence-electron chi connectivity index (χ4n) is 3.59. The van der Waals surface area contributed by atoms with Crippen LogP contribution >= 0.6 is 0 Å². The van der Waals surface area contributed by atoms with Crippen LogP contribution in [0.25, 0.3) is 0 Å². The Bertz CT molecular complexity index is 867. The van der Waals surface area contributed by atoms with Crippen molar-refractivity contribution in [2.45, 2.75) is 32.2 Å². The number of aliphatic hydroxyl groups is 1. The van der Waals surface area contributed by atoms with E-state index in [-0.39, 0.29) is 17.0 Å². The maximum Gasteiger partial charge on any atom is 0.279 e. The predicted molar refractivity (Wildman–Crippen MR) is 99.0 cm³/mol. The molecule has 0 aliphatic carbocycles. The van der Waals surface area contributed by atoms with Crippen molar-refractivity contribution in [3.63, 3.8) is 0 Å². The van der Waals surface area contributed by atoms with Gasteiger partial charge in [0.2, 0.25) is 0 Å². The molecule has 1 atom stereocenters. The lowest BCUT2D eigenvalue weighted by atomic mass is 9.99. The Kier molecular flexibility index (Phi) is 5.44. The highest BCUT2D eigenvalue weighted by Gasteiger charge is 2.51. The lowest BCUT2D eigenvalue weighted by molar-refractivity contribution is -0.683. The summed E-state index contributed by atoms with van der Waals surface area (Å²) in [5, 5.41) is 11.7. The summed E-state index contributed by atoms with van der Waals surface area (Å²) in [5.41, 5.74) is 2.36. The SMILES string of the molecule is CCc1ccc(C2(O)C[n+]3ccccc3N2Cc2ccccc2)cc1.[Br-]. The van der Waals surface area contributed by atoms with Crippen molar-refractivity contribution in [3.05, 3.63) is 95.7 Å². The van der Waals surface area contributed by atoms with Gasteiger partial charge in [-0.3, -0.25) is 0 Å². The first kappa shape index (κ1) is 18.6. The lowest BCUT2D eigenvalue weighted by Gasteiger charge is -2.28. The summed E-state index contributed by atoms with van der Waals surface area (Å²) in [6.45, 7) is 3.34. The Hall–Kier alpha value is -2.17. The molecule has 3 nitrogen and oxygen atoms in total. The number of anilines is 1. The van der Waals surface area contributed by atoms with Crippen molar-refractivity contribution in [1.82, 2.24) is 0 Å². The van der Waals surface area contributed by atoms with Crippen LogP contribution in [0.3, 0.4) is 0 Å². The molecule has 3 aromatic rings. The highest BCUT2D eigenvalue weighted by molar-refractivity contribution is 5.44. The maximum absolute atomic E-state index is 11.7. The zero-order valence-corrected chi connectivity index (χ0v) is 16.4. The molecule has 0 fully saturated rings. The molecule has 4 heteroatoms. The summed E-state index contributed by atoms with van der Waals surface area (Å²) >= 11 is 0. The zero-order chi connectivity index (χ0) is 17.3. The van der Waals surface area contributed by atoms with E-state index in [4.69, 9.17) is 0 Å². The number of hydrogen-bond donors (Lipinski definition) is 1. The van der Waals surface area contributed by atoms with Gasteiger partial charge in [0.25, 0.3) is 11.5 Å². The number of hydrogen-bond acceptors (Lipinski definition) is 2. The van der Waals surface area contributed by atoms with Crippen LogP contribution in [0, 0.1) is 0 Å². The van der Waals surface area contributed by atoms with Gasteiger partial charge < -0.3 is 22.1 Å². The Morgan fingerprint density at radius 2 is 1.62 bits per heavy atom. The van der Waals surface area contributed by atoms with Crippen LogP contribution in [0.5, 0.6) is 0 Å². The predicted octanol–water partition coefficient (Wildman–Crippen LogP) is 0.406. The molecular weight excluding hydrogens is 388 g/mol. The van der Waals surface area contributed by atoms with E-state index in [0.717, 1.165) is 17.8 Å². The highest BCUT2D eigenvalue weighted by Crippen LogP contribution is 2.36. The summed E-state index contributed by atoms with van der Waals surface area (Å²) in [6.07, 6.45) is 3.03. The average Bonchev–Trinajstić information content (AvgIpc) is 2.96. The molecule has 1 aliphatic rings. The van der Waals surface area contributed by atoms with Gasteiger partial charge in [0, 0.05) is 11.6 Å². The monoisotopic (exact) mass is 410 g/mol. The molecule has 0 saturated carbocycles. The van der Waals surface area contributed by atoms with E-state index in [1.54, 1.807) is 0 Å². The molecule has 0 saturated heterocycles. The van der Waals surface area contributed by atoms with Crippen molar-refractivity contribution in [2.75, 3.05) is 4.90 Å². The minimum atomic E-state index is -1.05. The van der Waals surface area contributed by atoms with E-state index < -0.39 is 5.72 Å². The standard InChI is InChI=1S/C22H23N2O.BrH/c1-2-18-11-13-20(14-12-18)22(25)17-23-15-7-6-10-21(23)24(22)16-19-8-4-3-5-9-19;/h3-15,25H,2,16-17H2,1H3;1H/q+1;/p-1. The van der Waals surface area contributed by atoms with Gasteiger partial charge in [-0.05, 0) is 23.6 Å². The van der Waals surface area contributed by atoms with E-state index >= 15 is 0 Å². The molecule has 2 aromatic carbocycles. The quantitative estimate of drug-likeness (QED) is 0.630. The van der Waals surface area contributed by atoms with Gasteiger partial charge in [-0.25, -0.2) is 9.47 Å². The van der Waals surface area contributed by atoms with Crippen LogP contribution in [0.4, 0.5) is 5.82 Å². The van der Waals surface area contributed by atoms with Crippen LogP contribution in [-0.4, -0.2) is 5.11 Å². The van der Waals surface area contributed by atoms with E-state index in [9.17, 15) is 5.11 Å². The largest absolute Gasteiger partial charge is 1.00 e. The summed E-state index contributed by atoms with van der Waals surface area (Å²) in [7, 11) is 0. The fraction of sp³-hybridized carbons (Fsp3) is 0.227. The van der Waals surface area contributed by atoms with Crippen molar-refractivity contribution >= 4 is 5.82 Å². The van der Waals surface area contributed by atoms with E-state index in [1.165, 1.54) is 11.1 Å². The first-order chi connectivity index (χ1) is 12.2. The topological polar surface area (TPSA) is 27.4 Å². The second-order valence-electron chi connectivity index (χ2n) is 6.63. The molecule has 0 bridgehead atoms. The van der Waals surface area contributed by atoms with Crippen LogP contribution in [-0.2, 0) is 25.2 Å². The summed E-state index contributed by atoms with van der Waals surface area (Å²) in [5.74, 6) is 1.04. The van der Waals surface area contributed by atoms with Gasteiger partial charge in [0.05, 0.1) is 6.20 Å². The summed E-state index contributed by atoms with van der Waals surface area (Å²) in [4.78, 5) is 2.10. The van der Waals surface area contributed by atoms with Gasteiger partial charge in [-0.15, -0.1) is 0 Å². The van der Waals surface area contributed by atoms with Crippen molar-refractivity contribution in [2.24, 2.45) is 0 Å². The fourth-order valence-corrected chi connectivity index (χ4v) is 3.59. The number of halogens is 1. The second kappa shape index (κ2) is 7.60. The number of benzene rings is 2. The average molecular weight is 411 g/mol. The van der Waals surface area contributed by atoms with Crippen molar-refractivity contribution in [1.29, 1.82) is 0 Å². The molecule has 134 valence electrons. The van der Waals surface area contributed by atoms with Crippen molar-refractivity contribution < 1.29 is 26.7 Å². The van der Waals surface area contributed by atoms with E-state index in [1.807, 2.05) is 36.5 Å². The molecule has 1 aromatic heterocycles. The number of nitrogens with zero attached hydrogens (tertiary/aromatic N) is 2. The maximum atomic E-state index is 11.7. The van der Waals surface area contributed by atoms with Crippen LogP contribution < -0.4 is 26.4 Å². The van der Waals surface area contributed by atoms with Gasteiger partial charge in [0.1, 0.15) is 6.54 Å². The first-order valence-electron chi connectivity index (χ1n) is 8.82. The van der Waals surface area contributed by atoms with Crippen LogP contribution in [0.1, 0.15) is 23.6 Å². The molecular formula is C22H23BrN2O. The highest BCUT2D eigenvalue weighted by atomic mass is 79.9. The number of aryl methyl sites for hydroxylation is 1. The third-order valence-corrected chi connectivity index (χ3v) is 5.04. The van der Waals surface area contributed by atoms with Crippen LogP contribution in [0.2, 0.25) is 0 Å². The number of pyridine rings is 1. The Labute approximate surface area is 165 Å². The van der Waals surface area contributed by atoms with Gasteiger partial charge in [-0.2, -0.15) is 0 Å². The number of fused-ring (bicyclic) bond motifs is 1. The normalized spacial score (nSPS) is 18.3. The van der Waals surface area contributed by atoms with Gasteiger partial charge >= 0.3 is 0 Å². The third-order valence-electron chi connectivity index (χ3n) is 5.04. The Balaban J connectivity index is 0.00000196. The molecule has 1 aliphatic heterocycles. The lowest BCUT2D eigenvalue weighted by Crippen LogP contribution is -3.00. The second-order valence-corrected chi connectivity index (χ2v) is 6.63. The first-order valence-corrected chi connectivity index (χ1v) is 8.82. The minimum Gasteiger partial charge on any atom is -1.00 e. The Morgan fingerprint density at radius 3 is 2.31 bits per heavy atom. The van der Waals surface area contributed by atoms with Crippen LogP contribution in [0.15, 0.2) is 79.0 Å². The number of aromatic nitrogens is 1. The molecule has 0 amide bonds. The summed E-state index contributed by atoms with van der Waals surface area (Å²) < 4.78 is 2.12. The van der Waals surface area contributed by atoms with E-state index in [2.05, 4.69) is 58.9 Å². The molecule has 0 radical (unpaired) electrons. The third kappa shape index (κ3) is 3.27. The smallest absolute Gasteiger partial charge is 0.279 e. The van der Waals surface area contributed by atoms with Gasteiger partial charge in [-0.1, -0.05) is 67.6 Å². The molecule has 0 spiro atoms.